The summed E-state index contributed by atoms with van der Waals surface area (Å²) in [4.78, 5) is 0. The van der Waals surface area contributed by atoms with Crippen LogP contribution in [-0.4, -0.2) is 13.2 Å². The maximum absolute atomic E-state index is 5.37. The van der Waals surface area contributed by atoms with Gasteiger partial charge in [-0.25, -0.2) is 0 Å². The van der Waals surface area contributed by atoms with Crippen molar-refractivity contribution in [3.63, 3.8) is 0 Å². The summed E-state index contributed by atoms with van der Waals surface area (Å²) in [6, 6.07) is 0. The Hall–Kier alpha value is 1.69. The van der Waals surface area contributed by atoms with Crippen molar-refractivity contribution in [2.24, 2.45) is 0 Å². The molecule has 0 aliphatic heterocycles. The Morgan fingerprint density at radius 2 is 1.33 bits per heavy atom. The number of rotatable bonds is 8. The molecule has 0 fully saturated rings. The van der Waals surface area contributed by atoms with Crippen LogP contribution in [0.1, 0.15) is 39.5 Å². The van der Waals surface area contributed by atoms with Crippen molar-refractivity contribution in [1.29, 1.82) is 0 Å². The molecule has 0 aliphatic rings. The van der Waals surface area contributed by atoms with E-state index in [0.717, 1.165) is 13.2 Å². The number of hydrogen-bond acceptors (Lipinski definition) is 2. The van der Waals surface area contributed by atoms with Crippen LogP contribution in [0.4, 0.5) is 0 Å². The van der Waals surface area contributed by atoms with E-state index in [1.807, 2.05) is 0 Å². The summed E-state index contributed by atoms with van der Waals surface area (Å²) in [6.45, 7) is 6.17. The summed E-state index contributed by atoms with van der Waals surface area (Å²) in [5.41, 5.74) is 0. The van der Waals surface area contributed by atoms with Gasteiger partial charge in [-0.1, -0.05) is 0 Å². The molecule has 2 nitrogen and oxygen atoms in total. The normalized spacial score (nSPS) is 9.17. The van der Waals surface area contributed by atoms with Gasteiger partial charge < -0.3 is 0 Å². The first kappa shape index (κ1) is 16.1. The van der Waals surface area contributed by atoms with Crippen molar-refractivity contribution in [3.05, 3.63) is 0 Å². The third-order valence-corrected chi connectivity index (χ3v) is 2.90. The van der Waals surface area contributed by atoms with Crippen LogP contribution < -0.4 is 0 Å². The second-order valence-corrected chi connectivity index (χ2v) is 4.32. The van der Waals surface area contributed by atoms with Crippen LogP contribution in [0.3, 0.4) is 0 Å². The Kier molecular flexibility index (Phi) is 20.4. The molecule has 0 atom stereocenters. The summed E-state index contributed by atoms with van der Waals surface area (Å²) < 4.78 is 10.7. The van der Waals surface area contributed by atoms with E-state index in [0.29, 0.717) is 0 Å². The number of unbranched alkanes of at least 4 members (excludes halogenated alkanes) is 2. The van der Waals surface area contributed by atoms with Crippen molar-refractivity contribution in [3.8, 4) is 0 Å². The van der Waals surface area contributed by atoms with Crippen molar-refractivity contribution in [2.75, 3.05) is 13.2 Å². The van der Waals surface area contributed by atoms with E-state index in [-0.39, 0.29) is 26.2 Å². The first-order valence-corrected chi connectivity index (χ1v) is 6.41. The van der Waals surface area contributed by atoms with Crippen molar-refractivity contribution in [2.45, 2.75) is 39.5 Å². The second kappa shape index (κ2) is 15.2. The average molecular weight is 329 g/mol. The fourth-order valence-corrected chi connectivity index (χ4v) is 1.88. The van der Waals surface area contributed by atoms with Gasteiger partial charge in [0, 0.05) is 26.2 Å². The van der Waals surface area contributed by atoms with Crippen molar-refractivity contribution >= 4 is 0 Å². The van der Waals surface area contributed by atoms with Crippen molar-refractivity contribution < 1.29 is 55.9 Å². The topological polar surface area (TPSA) is 18.5 Å². The van der Waals surface area contributed by atoms with E-state index >= 15 is 0 Å². The van der Waals surface area contributed by atoms with Gasteiger partial charge in [0.2, 0.25) is 0 Å². The van der Waals surface area contributed by atoms with Gasteiger partial charge in [-0.3, -0.25) is 0 Å². The zero-order valence-corrected chi connectivity index (χ0v) is 13.0. The van der Waals surface area contributed by atoms with Gasteiger partial charge in [0.1, 0.15) is 0 Å². The van der Waals surface area contributed by atoms with Crippen LogP contribution in [-0.2, 0) is 55.9 Å². The van der Waals surface area contributed by atoms with E-state index in [4.69, 9.17) is 5.63 Å². The molecular weight excluding hydrogens is 311 g/mol. The smallest absolute Gasteiger partial charge is 0 e. The molecular formula is C8H18O2Zr2. The SMILES string of the molecule is CCCC[O][Zr][O]CCCC.[Zr]. The summed E-state index contributed by atoms with van der Waals surface area (Å²) in [5.74, 6) is 0. The molecule has 0 aromatic rings. The molecule has 0 spiro atoms. The second-order valence-electron chi connectivity index (χ2n) is 2.49. The average Bonchev–Trinajstić information content (AvgIpc) is 2.03. The monoisotopic (exact) mass is 326 g/mol. The molecule has 0 N–H and O–H groups in total. The van der Waals surface area contributed by atoms with Crippen LogP contribution in [0.25, 0.3) is 0 Å². The van der Waals surface area contributed by atoms with Crippen LogP contribution in [0, 0.1) is 0 Å². The van der Waals surface area contributed by atoms with Gasteiger partial charge in [0.05, 0.1) is 0 Å². The molecule has 12 heavy (non-hydrogen) atoms. The Balaban J connectivity index is 0. The van der Waals surface area contributed by atoms with Crippen LogP contribution in [0.15, 0.2) is 0 Å². The molecule has 0 rings (SSSR count). The van der Waals surface area contributed by atoms with Gasteiger partial charge in [-0.05, 0) is 0 Å². The van der Waals surface area contributed by atoms with E-state index in [1.165, 1.54) is 25.7 Å². The Morgan fingerprint density at radius 1 is 0.917 bits per heavy atom. The molecule has 0 unspecified atom stereocenters. The molecule has 0 saturated carbocycles. The zero-order valence-electron chi connectivity index (χ0n) is 8.06. The quantitative estimate of drug-likeness (QED) is 0.638. The van der Waals surface area contributed by atoms with E-state index in [9.17, 15) is 0 Å². The van der Waals surface area contributed by atoms with Gasteiger partial charge in [0.15, 0.2) is 0 Å². The minimum Gasteiger partial charge on any atom is 0 e. The third-order valence-electron chi connectivity index (χ3n) is 1.32. The fourth-order valence-electron chi connectivity index (χ4n) is 0.558. The maximum Gasteiger partial charge on any atom is 0 e. The minimum absolute atomic E-state index is 0. The zero-order chi connectivity index (χ0) is 8.36. The van der Waals surface area contributed by atoms with E-state index in [2.05, 4.69) is 13.8 Å². The van der Waals surface area contributed by atoms with E-state index < -0.39 is 24.1 Å². The number of hydrogen-bond donors (Lipinski definition) is 0. The first-order valence-electron chi connectivity index (χ1n) is 4.40. The predicted octanol–water partition coefficient (Wildman–Crippen LogP) is 2.53. The molecule has 0 aromatic heterocycles. The largest absolute Gasteiger partial charge is 0 e. The molecule has 0 amide bonds. The summed E-state index contributed by atoms with van der Waals surface area (Å²) >= 11 is -0.876. The standard InChI is InChI=1S/2C4H9O.2Zr/c2*1-2-3-4-5;;/h2*2-4H2,1H3;;/q2*-1;;+2. The van der Waals surface area contributed by atoms with Crippen molar-refractivity contribution in [1.82, 2.24) is 0 Å². The van der Waals surface area contributed by atoms with E-state index in [1.54, 1.807) is 0 Å². The molecule has 0 radical (unpaired) electrons. The Labute approximate surface area is 108 Å². The predicted molar refractivity (Wildman–Crippen MR) is 41.7 cm³/mol. The first-order chi connectivity index (χ1) is 5.41. The molecule has 0 heterocycles. The van der Waals surface area contributed by atoms with Gasteiger partial charge in [0.25, 0.3) is 0 Å². The summed E-state index contributed by atoms with van der Waals surface area (Å²) in [7, 11) is 0. The van der Waals surface area contributed by atoms with Gasteiger partial charge >= 0.3 is 82.5 Å². The van der Waals surface area contributed by atoms with Gasteiger partial charge in [-0.15, -0.1) is 0 Å². The Bertz CT molecular complexity index is 64.1. The van der Waals surface area contributed by atoms with Crippen LogP contribution in [0.2, 0.25) is 0 Å². The molecule has 0 saturated heterocycles. The molecule has 4 heteroatoms. The molecule has 70 valence electrons. The summed E-state index contributed by atoms with van der Waals surface area (Å²) in [5, 5.41) is 0. The molecule has 0 aromatic carbocycles. The fraction of sp³-hybridized carbons (Fsp3) is 1.00. The van der Waals surface area contributed by atoms with Crippen LogP contribution >= 0.6 is 0 Å². The van der Waals surface area contributed by atoms with Crippen LogP contribution in [0.5, 0.6) is 0 Å². The Morgan fingerprint density at radius 3 is 1.67 bits per heavy atom. The maximum atomic E-state index is 5.37. The molecule has 0 bridgehead atoms. The van der Waals surface area contributed by atoms with Gasteiger partial charge in [-0.2, -0.15) is 0 Å². The third kappa shape index (κ3) is 14.2. The minimum atomic E-state index is -0.876. The molecule has 0 aliphatic carbocycles. The summed E-state index contributed by atoms with van der Waals surface area (Å²) in [6.07, 6.45) is 4.79.